The van der Waals surface area contributed by atoms with Crippen LogP contribution in [0.1, 0.15) is 6.92 Å². The average Bonchev–Trinajstić information content (AvgIpc) is 3.08. The number of nitrogens with zero attached hydrogens (tertiary/aromatic N) is 2. The molecule has 4 rings (SSSR count). The molecule has 0 amide bonds. The van der Waals surface area contributed by atoms with E-state index < -0.39 is 0 Å². The van der Waals surface area contributed by atoms with Crippen LogP contribution >= 0.6 is 0 Å². The van der Waals surface area contributed by atoms with Gasteiger partial charge in [-0.15, -0.1) is 0 Å². The smallest absolute Gasteiger partial charge is 0.119 e. The molecular weight excluding hydrogens is 324 g/mol. The summed E-state index contributed by atoms with van der Waals surface area (Å²) < 4.78 is 13.1. The van der Waals surface area contributed by atoms with Crippen LogP contribution in [0, 0.1) is 0 Å². The highest BCUT2D eigenvalue weighted by atomic mass is 16.5. The molecule has 0 unspecified atom stereocenters. The fourth-order valence-electron chi connectivity index (χ4n) is 3.16. The van der Waals surface area contributed by atoms with E-state index in [-0.39, 0.29) is 0 Å². The summed E-state index contributed by atoms with van der Waals surface area (Å²) in [6, 6.07) is 20.5. The first-order valence-electron chi connectivity index (χ1n) is 8.63. The van der Waals surface area contributed by atoms with Crippen molar-refractivity contribution in [3.05, 3.63) is 73.1 Å². The second kappa shape index (κ2) is 6.92. The lowest BCUT2D eigenvalue weighted by Gasteiger charge is -2.12. The Labute approximate surface area is 152 Å². The van der Waals surface area contributed by atoms with Crippen LogP contribution in [-0.2, 0) is 0 Å². The van der Waals surface area contributed by atoms with Gasteiger partial charge in [0, 0.05) is 17.3 Å². The third-order valence-electron chi connectivity index (χ3n) is 4.40. The largest absolute Gasteiger partial charge is 0.497 e. The van der Waals surface area contributed by atoms with Crippen molar-refractivity contribution in [1.82, 2.24) is 9.55 Å². The molecule has 0 spiro atoms. The monoisotopic (exact) mass is 344 g/mol. The van der Waals surface area contributed by atoms with Crippen molar-refractivity contribution in [2.45, 2.75) is 6.92 Å². The lowest BCUT2D eigenvalue weighted by atomic mass is 10.1. The Balaban J connectivity index is 1.88. The maximum atomic E-state index is 5.57. The third-order valence-corrected chi connectivity index (χ3v) is 4.40. The maximum absolute atomic E-state index is 5.57. The summed E-state index contributed by atoms with van der Waals surface area (Å²) in [5, 5.41) is 1.15. The lowest BCUT2D eigenvalue weighted by Crippen LogP contribution is -1.98. The fourth-order valence-corrected chi connectivity index (χ4v) is 3.16. The Morgan fingerprint density at radius 2 is 1.65 bits per heavy atom. The Morgan fingerprint density at radius 1 is 0.923 bits per heavy atom. The van der Waals surface area contributed by atoms with E-state index in [0.29, 0.717) is 6.61 Å². The quantitative estimate of drug-likeness (QED) is 0.505. The minimum absolute atomic E-state index is 0.660. The summed E-state index contributed by atoms with van der Waals surface area (Å²) in [6.45, 7) is 2.65. The van der Waals surface area contributed by atoms with E-state index in [1.807, 2.05) is 49.6 Å². The van der Waals surface area contributed by atoms with Gasteiger partial charge in [-0.2, -0.15) is 0 Å². The van der Waals surface area contributed by atoms with Crippen LogP contribution < -0.4 is 9.47 Å². The topological polar surface area (TPSA) is 36.3 Å². The number of ether oxygens (including phenoxy) is 2. The Bertz CT molecular complexity index is 1020. The zero-order valence-corrected chi connectivity index (χ0v) is 14.8. The van der Waals surface area contributed by atoms with Gasteiger partial charge in [0.25, 0.3) is 0 Å². The van der Waals surface area contributed by atoms with E-state index in [2.05, 4.69) is 39.9 Å². The van der Waals surface area contributed by atoms with Crippen LogP contribution in [0.15, 0.2) is 73.1 Å². The Kier molecular flexibility index (Phi) is 4.32. The maximum Gasteiger partial charge on any atom is 0.119 e. The van der Waals surface area contributed by atoms with Crippen molar-refractivity contribution < 1.29 is 9.47 Å². The lowest BCUT2D eigenvalue weighted by molar-refractivity contribution is 0.340. The van der Waals surface area contributed by atoms with Gasteiger partial charge in [-0.05, 0) is 73.2 Å². The Morgan fingerprint density at radius 3 is 2.35 bits per heavy atom. The second-order valence-electron chi connectivity index (χ2n) is 5.95. The van der Waals surface area contributed by atoms with Gasteiger partial charge in [-0.1, -0.05) is 0 Å². The molecule has 0 N–H and O–H groups in total. The molecule has 2 heterocycles. The number of aromatic nitrogens is 2. The molecule has 0 saturated carbocycles. The van der Waals surface area contributed by atoms with Crippen LogP contribution in [-0.4, -0.2) is 23.3 Å². The van der Waals surface area contributed by atoms with Crippen LogP contribution in [0.25, 0.3) is 27.8 Å². The van der Waals surface area contributed by atoms with E-state index in [9.17, 15) is 0 Å². The first-order chi connectivity index (χ1) is 12.8. The standard InChI is InChI=1S/C22H20N2O2/c1-3-26-20-10-6-18(7-11-20)24-21(14-17-12-13-23-15-22(17)24)16-4-8-19(25-2)9-5-16/h4-15H,3H2,1-2H3. The molecule has 0 saturated heterocycles. The van der Waals surface area contributed by atoms with E-state index in [1.165, 1.54) is 0 Å². The minimum atomic E-state index is 0.660. The van der Waals surface area contributed by atoms with Gasteiger partial charge in [0.1, 0.15) is 11.5 Å². The fraction of sp³-hybridized carbons (Fsp3) is 0.136. The SMILES string of the molecule is CCOc1ccc(-n2c(-c3ccc(OC)cc3)cc3ccncc32)cc1. The van der Waals surface area contributed by atoms with Gasteiger partial charge in [-0.3, -0.25) is 4.98 Å². The van der Waals surface area contributed by atoms with Crippen molar-refractivity contribution >= 4 is 10.9 Å². The number of methoxy groups -OCH3 is 1. The molecule has 2 aromatic carbocycles. The summed E-state index contributed by atoms with van der Waals surface area (Å²) >= 11 is 0. The summed E-state index contributed by atoms with van der Waals surface area (Å²) in [5.41, 5.74) is 4.38. The molecular formula is C22H20N2O2. The molecule has 4 aromatic rings. The van der Waals surface area contributed by atoms with Crippen molar-refractivity contribution in [2.24, 2.45) is 0 Å². The van der Waals surface area contributed by atoms with E-state index in [0.717, 1.165) is 39.3 Å². The predicted molar refractivity (Wildman–Crippen MR) is 104 cm³/mol. The number of pyridine rings is 1. The molecule has 0 fully saturated rings. The molecule has 2 aromatic heterocycles. The second-order valence-corrected chi connectivity index (χ2v) is 5.95. The van der Waals surface area contributed by atoms with Gasteiger partial charge in [0.05, 0.1) is 31.1 Å². The minimum Gasteiger partial charge on any atom is -0.497 e. The number of benzene rings is 2. The highest BCUT2D eigenvalue weighted by Gasteiger charge is 2.13. The molecule has 26 heavy (non-hydrogen) atoms. The average molecular weight is 344 g/mol. The zero-order valence-electron chi connectivity index (χ0n) is 14.8. The predicted octanol–water partition coefficient (Wildman–Crippen LogP) is 5.10. The van der Waals surface area contributed by atoms with Crippen molar-refractivity contribution in [1.29, 1.82) is 0 Å². The number of fused-ring (bicyclic) bond motifs is 1. The highest BCUT2D eigenvalue weighted by Crippen LogP contribution is 2.32. The summed E-state index contributed by atoms with van der Waals surface area (Å²) in [6.07, 6.45) is 3.72. The molecule has 0 atom stereocenters. The van der Waals surface area contributed by atoms with Crippen LogP contribution in [0.2, 0.25) is 0 Å². The van der Waals surface area contributed by atoms with Gasteiger partial charge >= 0.3 is 0 Å². The molecule has 0 radical (unpaired) electrons. The van der Waals surface area contributed by atoms with Crippen LogP contribution in [0.3, 0.4) is 0 Å². The molecule has 130 valence electrons. The van der Waals surface area contributed by atoms with Gasteiger partial charge < -0.3 is 14.0 Å². The van der Waals surface area contributed by atoms with E-state index >= 15 is 0 Å². The van der Waals surface area contributed by atoms with Crippen molar-refractivity contribution in [2.75, 3.05) is 13.7 Å². The molecule has 0 aliphatic rings. The molecule has 4 nitrogen and oxygen atoms in total. The molecule has 0 aliphatic heterocycles. The normalized spacial score (nSPS) is 10.8. The van der Waals surface area contributed by atoms with E-state index in [4.69, 9.17) is 9.47 Å². The van der Waals surface area contributed by atoms with Crippen LogP contribution in [0.5, 0.6) is 11.5 Å². The van der Waals surface area contributed by atoms with Gasteiger partial charge in [0.15, 0.2) is 0 Å². The first kappa shape index (κ1) is 16.2. The summed E-state index contributed by atoms with van der Waals surface area (Å²) in [5.74, 6) is 1.72. The molecule has 0 aliphatic carbocycles. The zero-order chi connectivity index (χ0) is 17.9. The third kappa shape index (κ3) is 2.90. The molecule has 4 heteroatoms. The van der Waals surface area contributed by atoms with Crippen LogP contribution in [0.4, 0.5) is 0 Å². The number of hydrogen-bond acceptors (Lipinski definition) is 3. The summed E-state index contributed by atoms with van der Waals surface area (Å²) in [4.78, 5) is 4.31. The van der Waals surface area contributed by atoms with Gasteiger partial charge in [-0.25, -0.2) is 0 Å². The highest BCUT2D eigenvalue weighted by molar-refractivity contribution is 5.88. The number of hydrogen-bond donors (Lipinski definition) is 0. The first-order valence-corrected chi connectivity index (χ1v) is 8.63. The summed E-state index contributed by atoms with van der Waals surface area (Å²) in [7, 11) is 1.68. The van der Waals surface area contributed by atoms with Crippen molar-refractivity contribution in [3.8, 4) is 28.4 Å². The molecule has 0 bridgehead atoms. The van der Waals surface area contributed by atoms with Gasteiger partial charge in [0.2, 0.25) is 0 Å². The van der Waals surface area contributed by atoms with E-state index in [1.54, 1.807) is 7.11 Å². The number of rotatable bonds is 5. The Hall–Kier alpha value is -3.27. The van der Waals surface area contributed by atoms with Crippen molar-refractivity contribution in [3.63, 3.8) is 0 Å².